The number of amides is 2. The second-order valence-corrected chi connectivity index (χ2v) is 3.07. The lowest BCUT2D eigenvalue weighted by molar-refractivity contribution is -0.137. The molecule has 0 radical (unpaired) electrons. The molecule has 0 aliphatic carbocycles. The van der Waals surface area contributed by atoms with Crippen LogP contribution in [0.2, 0.25) is 0 Å². The molecule has 1 heterocycles. The van der Waals surface area contributed by atoms with E-state index in [4.69, 9.17) is 5.11 Å². The Morgan fingerprint density at radius 3 is 2.54 bits per heavy atom. The monoisotopic (exact) mass is 183 g/mol. The molecule has 1 N–H and O–H groups in total. The van der Waals surface area contributed by atoms with Crippen LogP contribution >= 0.6 is 0 Å². The number of hydrogen-bond donors (Lipinski definition) is 1. The summed E-state index contributed by atoms with van der Waals surface area (Å²) in [7, 11) is 0. The number of nitrogens with zero attached hydrogens (tertiary/aromatic N) is 1. The van der Waals surface area contributed by atoms with E-state index in [1.807, 2.05) is 6.92 Å². The molecular formula is C9H13NO3. The highest BCUT2D eigenvalue weighted by atomic mass is 16.3. The molecule has 0 aromatic carbocycles. The third kappa shape index (κ3) is 1.78. The standard InChI is InChI=1S/C9H13NO3/c1-3-4-10-8(12)5-7(6(2)11)9(10)13/h5-6,11H,3-4H2,1-2H3. The fourth-order valence-electron chi connectivity index (χ4n) is 1.26. The van der Waals surface area contributed by atoms with Crippen LogP contribution in [0, 0.1) is 0 Å². The van der Waals surface area contributed by atoms with Crippen molar-refractivity contribution in [2.24, 2.45) is 0 Å². The van der Waals surface area contributed by atoms with Crippen LogP contribution in [0.4, 0.5) is 0 Å². The van der Waals surface area contributed by atoms with Crippen LogP contribution in [0.3, 0.4) is 0 Å². The van der Waals surface area contributed by atoms with E-state index in [9.17, 15) is 9.59 Å². The van der Waals surface area contributed by atoms with Crippen molar-refractivity contribution in [3.63, 3.8) is 0 Å². The minimum Gasteiger partial charge on any atom is -0.388 e. The minimum absolute atomic E-state index is 0.193. The Balaban J connectivity index is 2.80. The van der Waals surface area contributed by atoms with Crippen LogP contribution in [0.15, 0.2) is 11.6 Å². The van der Waals surface area contributed by atoms with Gasteiger partial charge in [0.25, 0.3) is 11.8 Å². The Bertz CT molecular complexity index is 268. The molecule has 2 amide bonds. The largest absolute Gasteiger partial charge is 0.388 e. The summed E-state index contributed by atoms with van der Waals surface area (Å²) in [4.78, 5) is 23.8. The highest BCUT2D eigenvalue weighted by Gasteiger charge is 2.32. The van der Waals surface area contributed by atoms with E-state index in [1.165, 1.54) is 13.0 Å². The summed E-state index contributed by atoms with van der Waals surface area (Å²) in [6, 6.07) is 0. The van der Waals surface area contributed by atoms with Crippen molar-refractivity contribution >= 4 is 11.8 Å². The SMILES string of the molecule is CCCN1C(=O)C=C(C(C)O)C1=O. The first-order valence-electron chi connectivity index (χ1n) is 4.33. The smallest absolute Gasteiger partial charge is 0.259 e. The average Bonchev–Trinajstić information content (AvgIpc) is 2.32. The van der Waals surface area contributed by atoms with Crippen molar-refractivity contribution in [1.29, 1.82) is 0 Å². The van der Waals surface area contributed by atoms with Gasteiger partial charge in [0, 0.05) is 12.6 Å². The van der Waals surface area contributed by atoms with Gasteiger partial charge >= 0.3 is 0 Å². The average molecular weight is 183 g/mol. The predicted octanol–water partition coefficient (Wildman–Crippen LogP) is 0.0724. The highest BCUT2D eigenvalue weighted by molar-refractivity contribution is 6.16. The fraction of sp³-hybridized carbons (Fsp3) is 0.556. The number of carbonyl (C=O) groups is 2. The molecule has 4 nitrogen and oxygen atoms in total. The first kappa shape index (κ1) is 9.92. The summed E-state index contributed by atoms with van der Waals surface area (Å²) in [6.07, 6.45) is 1.08. The van der Waals surface area contributed by atoms with Crippen LogP contribution in [0.5, 0.6) is 0 Å². The van der Waals surface area contributed by atoms with Crippen LogP contribution in [0.25, 0.3) is 0 Å². The number of carbonyl (C=O) groups excluding carboxylic acids is 2. The van der Waals surface area contributed by atoms with Gasteiger partial charge < -0.3 is 5.11 Å². The first-order chi connectivity index (χ1) is 6.07. The number of aliphatic hydroxyl groups excluding tert-OH is 1. The number of imide groups is 1. The maximum Gasteiger partial charge on any atom is 0.259 e. The first-order valence-corrected chi connectivity index (χ1v) is 4.33. The summed E-state index contributed by atoms with van der Waals surface area (Å²) < 4.78 is 0. The van der Waals surface area contributed by atoms with E-state index in [0.29, 0.717) is 6.54 Å². The Morgan fingerprint density at radius 2 is 2.15 bits per heavy atom. The summed E-state index contributed by atoms with van der Waals surface area (Å²) in [5, 5.41) is 9.16. The molecule has 1 aliphatic rings. The lowest BCUT2D eigenvalue weighted by Crippen LogP contribution is -2.33. The molecule has 0 saturated carbocycles. The minimum atomic E-state index is -0.863. The maximum atomic E-state index is 11.4. The van der Waals surface area contributed by atoms with Crippen molar-refractivity contribution < 1.29 is 14.7 Å². The van der Waals surface area contributed by atoms with Crippen LogP contribution in [-0.4, -0.2) is 34.5 Å². The van der Waals surface area contributed by atoms with E-state index in [1.54, 1.807) is 0 Å². The Morgan fingerprint density at radius 1 is 1.54 bits per heavy atom. The molecule has 0 aromatic rings. The third-order valence-corrected chi connectivity index (χ3v) is 1.93. The molecule has 0 saturated heterocycles. The van der Waals surface area contributed by atoms with Gasteiger partial charge in [0.2, 0.25) is 0 Å². The van der Waals surface area contributed by atoms with Crippen molar-refractivity contribution in [2.45, 2.75) is 26.4 Å². The zero-order chi connectivity index (χ0) is 10.0. The van der Waals surface area contributed by atoms with Gasteiger partial charge in [-0.3, -0.25) is 14.5 Å². The maximum absolute atomic E-state index is 11.4. The Hall–Kier alpha value is -1.16. The van der Waals surface area contributed by atoms with Gasteiger partial charge in [-0.1, -0.05) is 6.92 Å². The van der Waals surface area contributed by atoms with Crippen molar-refractivity contribution in [1.82, 2.24) is 4.90 Å². The van der Waals surface area contributed by atoms with E-state index >= 15 is 0 Å². The van der Waals surface area contributed by atoms with E-state index in [2.05, 4.69) is 0 Å². The number of hydrogen-bond acceptors (Lipinski definition) is 3. The van der Waals surface area contributed by atoms with Gasteiger partial charge in [-0.2, -0.15) is 0 Å². The summed E-state index contributed by atoms with van der Waals surface area (Å²) >= 11 is 0. The molecule has 72 valence electrons. The second-order valence-electron chi connectivity index (χ2n) is 3.07. The van der Waals surface area contributed by atoms with Crippen molar-refractivity contribution in [3.8, 4) is 0 Å². The van der Waals surface area contributed by atoms with E-state index in [0.717, 1.165) is 11.3 Å². The van der Waals surface area contributed by atoms with Crippen molar-refractivity contribution in [3.05, 3.63) is 11.6 Å². The number of aliphatic hydroxyl groups is 1. The van der Waals surface area contributed by atoms with Crippen LogP contribution in [-0.2, 0) is 9.59 Å². The lowest BCUT2D eigenvalue weighted by Gasteiger charge is -2.13. The summed E-state index contributed by atoms with van der Waals surface area (Å²) in [5.41, 5.74) is 0.193. The molecule has 0 bridgehead atoms. The molecular weight excluding hydrogens is 170 g/mol. The van der Waals surface area contributed by atoms with Gasteiger partial charge in [-0.15, -0.1) is 0 Å². The molecule has 1 aliphatic heterocycles. The topological polar surface area (TPSA) is 57.6 Å². The van der Waals surface area contributed by atoms with E-state index in [-0.39, 0.29) is 17.4 Å². The molecule has 1 rings (SSSR count). The van der Waals surface area contributed by atoms with E-state index < -0.39 is 6.10 Å². The molecule has 0 aromatic heterocycles. The van der Waals surface area contributed by atoms with Gasteiger partial charge in [0.1, 0.15) is 0 Å². The predicted molar refractivity (Wildman–Crippen MR) is 46.8 cm³/mol. The molecule has 13 heavy (non-hydrogen) atoms. The van der Waals surface area contributed by atoms with Crippen molar-refractivity contribution in [2.75, 3.05) is 6.54 Å². The zero-order valence-electron chi connectivity index (χ0n) is 7.78. The van der Waals surface area contributed by atoms with Crippen LogP contribution < -0.4 is 0 Å². The summed E-state index contributed by atoms with van der Waals surface area (Å²) in [5.74, 6) is -0.676. The van der Waals surface area contributed by atoms with Gasteiger partial charge in [-0.05, 0) is 13.3 Å². The number of rotatable bonds is 3. The van der Waals surface area contributed by atoms with Crippen LogP contribution in [0.1, 0.15) is 20.3 Å². The highest BCUT2D eigenvalue weighted by Crippen LogP contribution is 2.15. The fourth-order valence-corrected chi connectivity index (χ4v) is 1.26. The molecule has 4 heteroatoms. The van der Waals surface area contributed by atoms with Gasteiger partial charge in [0.15, 0.2) is 0 Å². The van der Waals surface area contributed by atoms with Gasteiger partial charge in [0.05, 0.1) is 11.7 Å². The van der Waals surface area contributed by atoms with Gasteiger partial charge in [-0.25, -0.2) is 0 Å². The third-order valence-electron chi connectivity index (χ3n) is 1.93. The second kappa shape index (κ2) is 3.70. The molecule has 0 fully saturated rings. The Kier molecular flexibility index (Phi) is 2.83. The molecule has 1 unspecified atom stereocenters. The molecule has 0 spiro atoms. The summed E-state index contributed by atoms with van der Waals surface area (Å²) in [6.45, 7) is 3.79. The lowest BCUT2D eigenvalue weighted by atomic mass is 10.2. The normalized spacial score (nSPS) is 19.3. The Labute approximate surface area is 76.8 Å². The quantitative estimate of drug-likeness (QED) is 0.630. The molecule has 1 atom stereocenters. The zero-order valence-corrected chi connectivity index (χ0v) is 7.78.